The SMILES string of the molecule is CCn1c(NC(=O)C2CCNC(=O)C2)nc2cc(F)ccc21. The molecule has 1 atom stereocenters. The van der Waals surface area contributed by atoms with Gasteiger partial charge in [-0.3, -0.25) is 14.9 Å². The number of imidazole rings is 1. The van der Waals surface area contributed by atoms with Gasteiger partial charge in [-0.15, -0.1) is 0 Å². The van der Waals surface area contributed by atoms with Gasteiger partial charge in [-0.1, -0.05) is 0 Å². The third-order valence-corrected chi connectivity index (χ3v) is 3.88. The molecular weight excluding hydrogens is 287 g/mol. The fourth-order valence-electron chi connectivity index (χ4n) is 2.74. The number of fused-ring (bicyclic) bond motifs is 1. The van der Waals surface area contributed by atoms with Crippen LogP contribution in [-0.4, -0.2) is 27.9 Å². The van der Waals surface area contributed by atoms with E-state index >= 15 is 0 Å². The number of hydrogen-bond acceptors (Lipinski definition) is 3. The minimum atomic E-state index is -0.366. The van der Waals surface area contributed by atoms with Gasteiger partial charge in [-0.05, 0) is 25.5 Å². The summed E-state index contributed by atoms with van der Waals surface area (Å²) >= 11 is 0. The lowest BCUT2D eigenvalue weighted by Crippen LogP contribution is -2.38. The summed E-state index contributed by atoms with van der Waals surface area (Å²) < 4.78 is 15.1. The highest BCUT2D eigenvalue weighted by molar-refractivity contribution is 5.96. The molecule has 6 nitrogen and oxygen atoms in total. The molecule has 116 valence electrons. The Kier molecular flexibility index (Phi) is 3.79. The lowest BCUT2D eigenvalue weighted by atomic mass is 9.97. The Bertz CT molecular complexity index is 740. The molecule has 1 aliphatic heterocycles. The topological polar surface area (TPSA) is 76.0 Å². The van der Waals surface area contributed by atoms with Crippen LogP contribution < -0.4 is 10.6 Å². The first kappa shape index (κ1) is 14.5. The summed E-state index contributed by atoms with van der Waals surface area (Å²) in [7, 11) is 0. The molecule has 2 amide bonds. The smallest absolute Gasteiger partial charge is 0.230 e. The summed E-state index contributed by atoms with van der Waals surface area (Å²) in [5.41, 5.74) is 1.26. The van der Waals surface area contributed by atoms with E-state index in [1.807, 2.05) is 11.5 Å². The zero-order valence-electron chi connectivity index (χ0n) is 12.2. The number of aryl methyl sites for hydroxylation is 1. The van der Waals surface area contributed by atoms with Crippen molar-refractivity contribution >= 4 is 28.8 Å². The van der Waals surface area contributed by atoms with Gasteiger partial charge < -0.3 is 9.88 Å². The highest BCUT2D eigenvalue weighted by Gasteiger charge is 2.26. The number of anilines is 1. The molecule has 0 radical (unpaired) electrons. The van der Waals surface area contributed by atoms with Gasteiger partial charge in [-0.25, -0.2) is 9.37 Å². The number of carbonyl (C=O) groups excluding carboxylic acids is 2. The standard InChI is InChI=1S/C15H17FN4O2/c1-2-20-12-4-3-10(16)8-11(12)18-15(20)19-14(22)9-5-6-17-13(21)7-9/h3-4,8-9H,2,5-7H2,1H3,(H,17,21)(H,18,19,22). The van der Waals surface area contributed by atoms with Crippen molar-refractivity contribution in [2.45, 2.75) is 26.3 Å². The van der Waals surface area contributed by atoms with E-state index in [2.05, 4.69) is 15.6 Å². The maximum atomic E-state index is 13.3. The summed E-state index contributed by atoms with van der Waals surface area (Å²) in [6.07, 6.45) is 0.797. The maximum absolute atomic E-state index is 13.3. The minimum absolute atomic E-state index is 0.113. The first-order valence-corrected chi connectivity index (χ1v) is 7.32. The Hall–Kier alpha value is -2.44. The Balaban J connectivity index is 1.86. The predicted octanol–water partition coefficient (Wildman–Crippen LogP) is 1.66. The van der Waals surface area contributed by atoms with E-state index in [1.54, 1.807) is 6.07 Å². The summed E-state index contributed by atoms with van der Waals surface area (Å²) in [5, 5.41) is 5.47. The number of aromatic nitrogens is 2. The van der Waals surface area contributed by atoms with E-state index in [9.17, 15) is 14.0 Å². The first-order chi connectivity index (χ1) is 10.6. The molecule has 2 N–H and O–H groups in total. The van der Waals surface area contributed by atoms with E-state index < -0.39 is 0 Å². The first-order valence-electron chi connectivity index (χ1n) is 7.32. The molecule has 3 rings (SSSR count). The van der Waals surface area contributed by atoms with Gasteiger partial charge in [0.05, 0.1) is 11.0 Å². The number of amides is 2. The minimum Gasteiger partial charge on any atom is -0.356 e. The molecule has 0 bridgehead atoms. The summed E-state index contributed by atoms with van der Waals surface area (Å²) in [6.45, 7) is 3.03. The predicted molar refractivity (Wildman–Crippen MR) is 79.7 cm³/mol. The van der Waals surface area contributed by atoms with Crippen LogP contribution in [0.25, 0.3) is 11.0 Å². The van der Waals surface area contributed by atoms with E-state index in [1.165, 1.54) is 12.1 Å². The van der Waals surface area contributed by atoms with Gasteiger partial charge in [0.2, 0.25) is 17.8 Å². The van der Waals surface area contributed by atoms with Crippen molar-refractivity contribution in [1.82, 2.24) is 14.9 Å². The Morgan fingerprint density at radius 2 is 2.36 bits per heavy atom. The molecule has 0 saturated carbocycles. The lowest BCUT2D eigenvalue weighted by molar-refractivity contribution is -0.129. The quantitative estimate of drug-likeness (QED) is 0.905. The number of nitrogens with zero attached hydrogens (tertiary/aromatic N) is 2. The van der Waals surface area contributed by atoms with Crippen LogP contribution in [0.2, 0.25) is 0 Å². The molecule has 1 fully saturated rings. The molecule has 22 heavy (non-hydrogen) atoms. The summed E-state index contributed by atoms with van der Waals surface area (Å²) in [5.74, 6) is -0.664. The van der Waals surface area contributed by atoms with Crippen molar-refractivity contribution < 1.29 is 14.0 Å². The van der Waals surface area contributed by atoms with E-state index in [0.29, 0.717) is 31.0 Å². The molecule has 1 aromatic carbocycles. The molecule has 1 aromatic heterocycles. The Labute approximate surface area is 126 Å². The van der Waals surface area contributed by atoms with Crippen LogP contribution in [0.1, 0.15) is 19.8 Å². The molecule has 1 saturated heterocycles. The molecule has 7 heteroatoms. The van der Waals surface area contributed by atoms with Crippen molar-refractivity contribution in [3.05, 3.63) is 24.0 Å². The van der Waals surface area contributed by atoms with E-state index in [4.69, 9.17) is 0 Å². The van der Waals surface area contributed by atoms with E-state index in [0.717, 1.165) is 5.52 Å². The van der Waals surface area contributed by atoms with Crippen molar-refractivity contribution in [1.29, 1.82) is 0 Å². The zero-order chi connectivity index (χ0) is 15.7. The highest BCUT2D eigenvalue weighted by atomic mass is 19.1. The van der Waals surface area contributed by atoms with Crippen molar-refractivity contribution in [3.8, 4) is 0 Å². The molecule has 0 aliphatic carbocycles. The number of carbonyl (C=O) groups is 2. The maximum Gasteiger partial charge on any atom is 0.230 e. The molecule has 1 unspecified atom stereocenters. The van der Waals surface area contributed by atoms with Crippen LogP contribution in [0.3, 0.4) is 0 Å². The largest absolute Gasteiger partial charge is 0.356 e. The van der Waals surface area contributed by atoms with Gasteiger partial charge in [0.1, 0.15) is 5.82 Å². The van der Waals surface area contributed by atoms with Crippen LogP contribution in [0.5, 0.6) is 0 Å². The Morgan fingerprint density at radius 3 is 3.09 bits per heavy atom. The van der Waals surface area contributed by atoms with Crippen LogP contribution in [0.15, 0.2) is 18.2 Å². The van der Waals surface area contributed by atoms with Gasteiger partial charge >= 0.3 is 0 Å². The molecule has 2 heterocycles. The number of piperidine rings is 1. The van der Waals surface area contributed by atoms with Gasteiger partial charge in [0.15, 0.2) is 0 Å². The van der Waals surface area contributed by atoms with Crippen molar-refractivity contribution in [3.63, 3.8) is 0 Å². The average Bonchev–Trinajstić information content (AvgIpc) is 2.83. The summed E-state index contributed by atoms with van der Waals surface area (Å²) in [4.78, 5) is 28.0. The van der Waals surface area contributed by atoms with Gasteiger partial charge in [0, 0.05) is 31.5 Å². The second-order valence-corrected chi connectivity index (χ2v) is 5.34. The fourth-order valence-corrected chi connectivity index (χ4v) is 2.74. The number of halogens is 1. The third kappa shape index (κ3) is 2.66. The molecular formula is C15H17FN4O2. The average molecular weight is 304 g/mol. The number of hydrogen-bond donors (Lipinski definition) is 2. The monoisotopic (exact) mass is 304 g/mol. The highest BCUT2D eigenvalue weighted by Crippen LogP contribution is 2.22. The Morgan fingerprint density at radius 1 is 1.55 bits per heavy atom. The second-order valence-electron chi connectivity index (χ2n) is 5.34. The van der Waals surface area contributed by atoms with E-state index in [-0.39, 0.29) is 30.0 Å². The second kappa shape index (κ2) is 5.75. The van der Waals surface area contributed by atoms with Gasteiger partial charge in [0.25, 0.3) is 0 Å². The van der Waals surface area contributed by atoms with Crippen molar-refractivity contribution in [2.24, 2.45) is 5.92 Å². The number of rotatable bonds is 3. The normalized spacial score (nSPS) is 18.3. The van der Waals surface area contributed by atoms with Crippen molar-refractivity contribution in [2.75, 3.05) is 11.9 Å². The number of nitrogens with one attached hydrogen (secondary N) is 2. The molecule has 2 aromatic rings. The fraction of sp³-hybridized carbons (Fsp3) is 0.400. The van der Waals surface area contributed by atoms with Crippen LogP contribution in [0.4, 0.5) is 10.3 Å². The summed E-state index contributed by atoms with van der Waals surface area (Å²) in [6, 6.07) is 4.35. The third-order valence-electron chi connectivity index (χ3n) is 3.88. The van der Waals surface area contributed by atoms with Crippen LogP contribution in [-0.2, 0) is 16.1 Å². The molecule has 0 spiro atoms. The lowest BCUT2D eigenvalue weighted by Gasteiger charge is -2.21. The number of benzene rings is 1. The van der Waals surface area contributed by atoms with Crippen LogP contribution in [0, 0.1) is 11.7 Å². The zero-order valence-corrected chi connectivity index (χ0v) is 12.2. The van der Waals surface area contributed by atoms with Crippen LogP contribution >= 0.6 is 0 Å². The van der Waals surface area contributed by atoms with Gasteiger partial charge in [-0.2, -0.15) is 0 Å². The molecule has 1 aliphatic rings.